The van der Waals surface area contributed by atoms with Gasteiger partial charge in [0.2, 0.25) is 0 Å². The van der Waals surface area contributed by atoms with E-state index in [0.717, 1.165) is 0 Å². The number of aliphatic hydroxyl groups is 1. The molecule has 0 fully saturated rings. The van der Waals surface area contributed by atoms with E-state index >= 15 is 0 Å². The van der Waals surface area contributed by atoms with Gasteiger partial charge in [0.25, 0.3) is 5.56 Å². The summed E-state index contributed by atoms with van der Waals surface area (Å²) in [4.78, 5) is 25.4. The van der Waals surface area contributed by atoms with Crippen LogP contribution in [-0.4, -0.2) is 28.2 Å². The van der Waals surface area contributed by atoms with Crippen molar-refractivity contribution in [1.82, 2.24) is 4.57 Å². The van der Waals surface area contributed by atoms with Crippen LogP contribution in [0.1, 0.15) is 39.5 Å². The van der Waals surface area contributed by atoms with Gasteiger partial charge in [0.05, 0.1) is 18.8 Å². The first-order chi connectivity index (χ1) is 14.8. The fourth-order valence-corrected chi connectivity index (χ4v) is 3.79. The van der Waals surface area contributed by atoms with Gasteiger partial charge in [-0.1, -0.05) is 6.07 Å². The molecule has 1 aromatic heterocycles. The summed E-state index contributed by atoms with van der Waals surface area (Å²) in [5, 5.41) is 10.7. The lowest BCUT2D eigenvalue weighted by Crippen LogP contribution is -2.32. The first kappa shape index (κ1) is 20.9. The predicted octanol–water partition coefficient (Wildman–Crippen LogP) is 3.54. The molecule has 0 bridgehead atoms. The Kier molecular flexibility index (Phi) is 5.41. The van der Waals surface area contributed by atoms with E-state index in [1.54, 1.807) is 12.1 Å². The Morgan fingerprint density at radius 1 is 1.13 bits per heavy atom. The average Bonchev–Trinajstić information content (AvgIpc) is 2.92. The van der Waals surface area contributed by atoms with E-state index < -0.39 is 35.4 Å². The van der Waals surface area contributed by atoms with Crippen LogP contribution < -0.4 is 10.3 Å². The van der Waals surface area contributed by atoms with E-state index in [0.29, 0.717) is 17.4 Å². The van der Waals surface area contributed by atoms with Gasteiger partial charge >= 0.3 is 0 Å². The van der Waals surface area contributed by atoms with Gasteiger partial charge in [-0.15, -0.1) is 0 Å². The van der Waals surface area contributed by atoms with Crippen LogP contribution in [0.2, 0.25) is 0 Å². The molecule has 8 heteroatoms. The van der Waals surface area contributed by atoms with Crippen molar-refractivity contribution in [2.24, 2.45) is 0 Å². The number of rotatable bonds is 3. The second-order valence-electron chi connectivity index (χ2n) is 7.34. The van der Waals surface area contributed by atoms with Crippen LogP contribution >= 0.6 is 0 Å². The average molecular weight is 429 g/mol. The summed E-state index contributed by atoms with van der Waals surface area (Å²) in [6.45, 7) is 1.39. The van der Waals surface area contributed by atoms with Gasteiger partial charge in [0.1, 0.15) is 5.75 Å². The van der Waals surface area contributed by atoms with Gasteiger partial charge in [0.15, 0.2) is 23.2 Å². The molecule has 0 saturated heterocycles. The quantitative estimate of drug-likeness (QED) is 0.511. The molecule has 2 aromatic carbocycles. The van der Waals surface area contributed by atoms with E-state index in [2.05, 4.69) is 0 Å². The van der Waals surface area contributed by atoms with Crippen LogP contribution in [0.5, 0.6) is 5.75 Å². The largest absolute Gasteiger partial charge is 0.493 e. The summed E-state index contributed by atoms with van der Waals surface area (Å²) in [5.41, 5.74) is -0.552. The number of hydrogen-bond donors (Lipinski definition) is 1. The van der Waals surface area contributed by atoms with Gasteiger partial charge in [-0.3, -0.25) is 9.59 Å². The van der Waals surface area contributed by atoms with Crippen LogP contribution in [0.15, 0.2) is 53.5 Å². The van der Waals surface area contributed by atoms with E-state index in [1.807, 2.05) is 0 Å². The SMILES string of the molecule is Cc1c(C(=O)c2ccc3c(c2)C(n2ccccc2=O)C(O)CCO3)cc(F)c(F)c1F. The number of aliphatic hydroxyl groups excluding tert-OH is 1. The molecule has 0 amide bonds. The standard InChI is InChI=1S/C23H18F3NO4/c1-12-14(11-16(24)21(26)20(12)25)23(30)13-5-6-18-15(10-13)22(17(28)7-9-31-18)27-8-3-2-4-19(27)29/h2-6,8,10-11,17,22,28H,7,9H2,1H3. The number of halogens is 3. The van der Waals surface area contributed by atoms with E-state index in [9.17, 15) is 27.9 Å². The lowest BCUT2D eigenvalue weighted by molar-refractivity contribution is 0.103. The van der Waals surface area contributed by atoms with Crippen molar-refractivity contribution >= 4 is 5.78 Å². The molecule has 0 spiro atoms. The van der Waals surface area contributed by atoms with E-state index in [4.69, 9.17) is 4.74 Å². The first-order valence-electron chi connectivity index (χ1n) is 9.60. The smallest absolute Gasteiger partial charge is 0.251 e. The maximum Gasteiger partial charge on any atom is 0.251 e. The van der Waals surface area contributed by atoms with Crippen molar-refractivity contribution in [3.63, 3.8) is 0 Å². The fraction of sp³-hybridized carbons (Fsp3) is 0.217. The number of fused-ring (bicyclic) bond motifs is 1. The van der Waals surface area contributed by atoms with Crippen LogP contribution in [0.3, 0.4) is 0 Å². The fourth-order valence-electron chi connectivity index (χ4n) is 3.79. The maximum absolute atomic E-state index is 14.0. The Morgan fingerprint density at radius 3 is 2.65 bits per heavy atom. The molecule has 0 saturated carbocycles. The number of aromatic nitrogens is 1. The molecule has 0 radical (unpaired) electrons. The normalized spacial score (nSPS) is 18.1. The van der Waals surface area contributed by atoms with Crippen molar-refractivity contribution in [3.8, 4) is 5.75 Å². The Labute approximate surface area is 175 Å². The minimum atomic E-state index is -1.64. The highest BCUT2D eigenvalue weighted by atomic mass is 19.2. The van der Waals surface area contributed by atoms with Crippen molar-refractivity contribution < 1.29 is 27.8 Å². The van der Waals surface area contributed by atoms with Gasteiger partial charge in [-0.2, -0.15) is 0 Å². The molecule has 1 N–H and O–H groups in total. The van der Waals surface area contributed by atoms with Crippen molar-refractivity contribution in [2.75, 3.05) is 6.61 Å². The number of carbonyl (C=O) groups excluding carboxylic acids is 1. The molecule has 5 nitrogen and oxygen atoms in total. The van der Waals surface area contributed by atoms with E-state index in [-0.39, 0.29) is 35.3 Å². The Balaban J connectivity index is 1.86. The molecular formula is C23H18F3NO4. The van der Waals surface area contributed by atoms with Crippen molar-refractivity contribution in [1.29, 1.82) is 0 Å². The summed E-state index contributed by atoms with van der Waals surface area (Å²) in [6.07, 6.45) is 0.792. The number of carbonyl (C=O) groups is 1. The summed E-state index contributed by atoms with van der Waals surface area (Å²) >= 11 is 0. The lowest BCUT2D eigenvalue weighted by atomic mass is 9.93. The number of benzene rings is 2. The molecule has 4 rings (SSSR count). The molecule has 0 aliphatic carbocycles. The van der Waals surface area contributed by atoms with Crippen LogP contribution in [0.4, 0.5) is 13.2 Å². The molecule has 160 valence electrons. The van der Waals surface area contributed by atoms with Gasteiger partial charge in [-0.05, 0) is 42.8 Å². The van der Waals surface area contributed by atoms with E-state index in [1.165, 1.54) is 42.0 Å². The topological polar surface area (TPSA) is 68.5 Å². The molecule has 1 aliphatic rings. The van der Waals surface area contributed by atoms with Gasteiger partial charge in [-0.25, -0.2) is 13.2 Å². The molecule has 3 aromatic rings. The summed E-state index contributed by atoms with van der Waals surface area (Å²) in [7, 11) is 0. The Morgan fingerprint density at radius 2 is 1.90 bits per heavy atom. The lowest BCUT2D eigenvalue weighted by Gasteiger charge is -2.24. The molecule has 31 heavy (non-hydrogen) atoms. The zero-order chi connectivity index (χ0) is 22.3. The highest BCUT2D eigenvalue weighted by Crippen LogP contribution is 2.35. The highest BCUT2D eigenvalue weighted by molar-refractivity contribution is 6.10. The minimum absolute atomic E-state index is 0.0546. The van der Waals surface area contributed by atoms with Gasteiger partial charge in [0, 0.05) is 35.4 Å². The Hall–Kier alpha value is -3.39. The zero-order valence-electron chi connectivity index (χ0n) is 16.4. The number of nitrogens with zero attached hydrogens (tertiary/aromatic N) is 1. The molecule has 2 heterocycles. The second kappa shape index (κ2) is 8.03. The molecule has 1 aliphatic heterocycles. The molecule has 2 atom stereocenters. The highest BCUT2D eigenvalue weighted by Gasteiger charge is 2.31. The third-order valence-electron chi connectivity index (χ3n) is 5.43. The number of ketones is 1. The monoisotopic (exact) mass is 429 g/mol. The van der Waals surface area contributed by atoms with Crippen LogP contribution in [-0.2, 0) is 0 Å². The molecular weight excluding hydrogens is 411 g/mol. The first-order valence-corrected chi connectivity index (χ1v) is 9.60. The number of pyridine rings is 1. The third-order valence-corrected chi connectivity index (χ3v) is 5.43. The maximum atomic E-state index is 14.0. The number of hydrogen-bond acceptors (Lipinski definition) is 4. The second-order valence-corrected chi connectivity index (χ2v) is 7.34. The Bertz CT molecular complexity index is 1240. The summed E-state index contributed by atoms with van der Waals surface area (Å²) in [6, 6.07) is 8.74. The van der Waals surface area contributed by atoms with Gasteiger partial charge < -0.3 is 14.4 Å². The number of ether oxygens (including phenoxy) is 1. The summed E-state index contributed by atoms with van der Waals surface area (Å²) < 4.78 is 48.2. The van der Waals surface area contributed by atoms with Crippen molar-refractivity contribution in [3.05, 3.63) is 98.7 Å². The predicted molar refractivity (Wildman–Crippen MR) is 106 cm³/mol. The molecule has 2 unspecified atom stereocenters. The van der Waals surface area contributed by atoms with Crippen LogP contribution in [0, 0.1) is 24.4 Å². The zero-order valence-corrected chi connectivity index (χ0v) is 16.4. The third kappa shape index (κ3) is 3.63. The summed E-state index contributed by atoms with van der Waals surface area (Å²) in [5.74, 6) is -4.88. The minimum Gasteiger partial charge on any atom is -0.493 e. The van der Waals surface area contributed by atoms with Crippen molar-refractivity contribution in [2.45, 2.75) is 25.5 Å². The van der Waals surface area contributed by atoms with Crippen LogP contribution in [0.25, 0.3) is 0 Å².